The Morgan fingerprint density at radius 1 is 1.17 bits per heavy atom. The summed E-state index contributed by atoms with van der Waals surface area (Å²) in [5.74, 6) is 1.46. The van der Waals surface area contributed by atoms with E-state index < -0.39 is 0 Å². The Kier molecular flexibility index (Phi) is 7.20. The molecule has 0 spiro atoms. The summed E-state index contributed by atoms with van der Waals surface area (Å²) in [6, 6.07) is 0.537. The average Bonchev–Trinajstić information content (AvgIpc) is 2.79. The van der Waals surface area contributed by atoms with Crippen molar-refractivity contribution < 1.29 is 0 Å². The van der Waals surface area contributed by atoms with E-state index in [2.05, 4.69) is 37.6 Å². The van der Waals surface area contributed by atoms with Crippen LogP contribution in [0.25, 0.3) is 0 Å². The van der Waals surface area contributed by atoms with Gasteiger partial charge in [-0.1, -0.05) is 20.8 Å². The Bertz CT molecular complexity index is 212. The molecule has 0 aromatic carbocycles. The van der Waals surface area contributed by atoms with Crippen LogP contribution in [-0.4, -0.2) is 55.6 Å². The summed E-state index contributed by atoms with van der Waals surface area (Å²) < 4.78 is 0. The van der Waals surface area contributed by atoms with Gasteiger partial charge in [-0.15, -0.1) is 0 Å². The van der Waals surface area contributed by atoms with E-state index in [1.807, 2.05) is 0 Å². The molecule has 1 heterocycles. The molecule has 2 N–H and O–H groups in total. The molecule has 1 fully saturated rings. The number of hydrogen-bond acceptors (Lipinski definition) is 3. The second kappa shape index (κ2) is 8.13. The van der Waals surface area contributed by atoms with Gasteiger partial charge in [0.25, 0.3) is 0 Å². The highest BCUT2D eigenvalue weighted by Crippen LogP contribution is 2.18. The number of hydrogen-bond donors (Lipinski definition) is 1. The van der Waals surface area contributed by atoms with E-state index in [1.54, 1.807) is 0 Å². The normalized spacial score (nSPS) is 20.8. The molecule has 1 aliphatic heterocycles. The van der Waals surface area contributed by atoms with Crippen LogP contribution in [0.15, 0.2) is 0 Å². The fourth-order valence-corrected chi connectivity index (χ4v) is 3.22. The van der Waals surface area contributed by atoms with Crippen LogP contribution in [0.5, 0.6) is 0 Å². The van der Waals surface area contributed by atoms with Gasteiger partial charge in [0.1, 0.15) is 0 Å². The first-order valence-corrected chi connectivity index (χ1v) is 7.67. The highest BCUT2D eigenvalue weighted by atomic mass is 15.2. The highest BCUT2D eigenvalue weighted by Gasteiger charge is 2.22. The quantitative estimate of drug-likeness (QED) is 0.720. The third-order valence-electron chi connectivity index (χ3n) is 4.28. The number of nitrogens with zero attached hydrogens (tertiary/aromatic N) is 2. The highest BCUT2D eigenvalue weighted by molar-refractivity contribution is 4.78. The van der Waals surface area contributed by atoms with Crippen molar-refractivity contribution >= 4 is 0 Å². The minimum atomic E-state index is 0.537. The second-order valence-electron chi connectivity index (χ2n) is 6.44. The summed E-state index contributed by atoms with van der Waals surface area (Å²) in [7, 11) is 2.24. The molecule has 2 unspecified atom stereocenters. The van der Waals surface area contributed by atoms with E-state index in [0.717, 1.165) is 19.0 Å². The number of nitrogens with two attached hydrogens (primary N) is 1. The Morgan fingerprint density at radius 2 is 1.78 bits per heavy atom. The summed E-state index contributed by atoms with van der Waals surface area (Å²) in [5.41, 5.74) is 5.98. The van der Waals surface area contributed by atoms with E-state index in [9.17, 15) is 0 Å². The zero-order chi connectivity index (χ0) is 13.5. The molecule has 0 aromatic rings. The van der Waals surface area contributed by atoms with Crippen LogP contribution < -0.4 is 5.73 Å². The molecule has 0 aromatic heterocycles. The maximum Gasteiger partial charge on any atom is 0.0241 e. The number of rotatable bonds is 8. The van der Waals surface area contributed by atoms with Gasteiger partial charge < -0.3 is 15.5 Å². The first-order chi connectivity index (χ1) is 8.54. The second-order valence-corrected chi connectivity index (χ2v) is 6.44. The lowest BCUT2D eigenvalue weighted by Gasteiger charge is -2.33. The third-order valence-corrected chi connectivity index (χ3v) is 4.28. The zero-order valence-corrected chi connectivity index (χ0v) is 12.9. The molecule has 0 radical (unpaired) electrons. The zero-order valence-electron chi connectivity index (χ0n) is 12.9. The van der Waals surface area contributed by atoms with Crippen LogP contribution in [0.3, 0.4) is 0 Å². The molecule has 108 valence electrons. The van der Waals surface area contributed by atoms with Gasteiger partial charge in [-0.3, -0.25) is 0 Å². The van der Waals surface area contributed by atoms with Crippen molar-refractivity contribution in [2.45, 2.75) is 46.1 Å². The SMILES string of the molecule is CC(C)CC(C)C(CN)N(C)CCN1CCCC1. The van der Waals surface area contributed by atoms with Gasteiger partial charge in [-0.2, -0.15) is 0 Å². The number of likely N-dealkylation sites (tertiary alicyclic amines) is 1. The molecule has 1 aliphatic rings. The predicted molar refractivity (Wildman–Crippen MR) is 79.8 cm³/mol. The molecular weight excluding hydrogens is 222 g/mol. The summed E-state index contributed by atoms with van der Waals surface area (Å²) in [6.07, 6.45) is 4.04. The van der Waals surface area contributed by atoms with Crippen molar-refractivity contribution in [2.75, 3.05) is 39.8 Å². The standard InChI is InChI=1S/C15H33N3/c1-13(2)11-14(3)15(12-16)17(4)9-10-18-7-5-6-8-18/h13-15H,5-12,16H2,1-4H3. The van der Waals surface area contributed by atoms with E-state index >= 15 is 0 Å². The topological polar surface area (TPSA) is 32.5 Å². The van der Waals surface area contributed by atoms with Crippen molar-refractivity contribution in [2.24, 2.45) is 17.6 Å². The molecule has 18 heavy (non-hydrogen) atoms. The Hall–Kier alpha value is -0.120. The minimum Gasteiger partial charge on any atom is -0.329 e. The largest absolute Gasteiger partial charge is 0.329 e. The molecule has 1 saturated heterocycles. The van der Waals surface area contributed by atoms with Crippen molar-refractivity contribution in [1.82, 2.24) is 9.80 Å². The summed E-state index contributed by atoms with van der Waals surface area (Å²) in [5, 5.41) is 0. The van der Waals surface area contributed by atoms with E-state index in [-0.39, 0.29) is 0 Å². The fourth-order valence-electron chi connectivity index (χ4n) is 3.22. The first kappa shape index (κ1) is 15.9. The van der Waals surface area contributed by atoms with Gasteiger partial charge in [0, 0.05) is 25.7 Å². The van der Waals surface area contributed by atoms with Crippen molar-refractivity contribution in [3.63, 3.8) is 0 Å². The van der Waals surface area contributed by atoms with Gasteiger partial charge in [-0.05, 0) is 51.2 Å². The summed E-state index contributed by atoms with van der Waals surface area (Å²) in [4.78, 5) is 5.06. The molecule has 0 amide bonds. The van der Waals surface area contributed by atoms with Crippen LogP contribution in [-0.2, 0) is 0 Å². The molecule has 1 rings (SSSR count). The van der Waals surface area contributed by atoms with Crippen LogP contribution in [0.1, 0.15) is 40.0 Å². The lowest BCUT2D eigenvalue weighted by molar-refractivity contribution is 0.155. The van der Waals surface area contributed by atoms with Gasteiger partial charge >= 0.3 is 0 Å². The summed E-state index contributed by atoms with van der Waals surface area (Å²) in [6.45, 7) is 12.7. The Morgan fingerprint density at radius 3 is 2.28 bits per heavy atom. The molecule has 0 aliphatic carbocycles. The summed E-state index contributed by atoms with van der Waals surface area (Å²) >= 11 is 0. The van der Waals surface area contributed by atoms with Crippen LogP contribution in [0, 0.1) is 11.8 Å². The lowest BCUT2D eigenvalue weighted by Crippen LogP contribution is -2.45. The van der Waals surface area contributed by atoms with Crippen LogP contribution in [0.4, 0.5) is 0 Å². The number of likely N-dealkylation sites (N-methyl/N-ethyl adjacent to an activating group) is 1. The first-order valence-electron chi connectivity index (χ1n) is 7.67. The minimum absolute atomic E-state index is 0.537. The van der Waals surface area contributed by atoms with Crippen LogP contribution in [0.2, 0.25) is 0 Å². The predicted octanol–water partition coefficient (Wildman–Crippen LogP) is 2.02. The Balaban J connectivity index is 2.32. The fraction of sp³-hybridized carbons (Fsp3) is 1.00. The van der Waals surface area contributed by atoms with Crippen molar-refractivity contribution in [3.8, 4) is 0 Å². The van der Waals surface area contributed by atoms with E-state index in [0.29, 0.717) is 12.0 Å². The maximum atomic E-state index is 5.98. The lowest BCUT2D eigenvalue weighted by atomic mass is 9.91. The maximum absolute atomic E-state index is 5.98. The van der Waals surface area contributed by atoms with E-state index in [4.69, 9.17) is 5.73 Å². The van der Waals surface area contributed by atoms with E-state index in [1.165, 1.54) is 38.9 Å². The average molecular weight is 255 g/mol. The van der Waals surface area contributed by atoms with Gasteiger partial charge in [0.05, 0.1) is 0 Å². The third kappa shape index (κ3) is 5.25. The molecular formula is C15H33N3. The molecule has 3 nitrogen and oxygen atoms in total. The molecule has 0 bridgehead atoms. The molecule has 3 heteroatoms. The van der Waals surface area contributed by atoms with Gasteiger partial charge in [0.2, 0.25) is 0 Å². The molecule has 2 atom stereocenters. The molecule has 0 saturated carbocycles. The van der Waals surface area contributed by atoms with Crippen molar-refractivity contribution in [1.29, 1.82) is 0 Å². The van der Waals surface area contributed by atoms with Crippen molar-refractivity contribution in [3.05, 3.63) is 0 Å². The van der Waals surface area contributed by atoms with Crippen LogP contribution >= 0.6 is 0 Å². The monoisotopic (exact) mass is 255 g/mol. The van der Waals surface area contributed by atoms with Gasteiger partial charge in [0.15, 0.2) is 0 Å². The smallest absolute Gasteiger partial charge is 0.0241 e. The Labute approximate surface area is 114 Å². The van der Waals surface area contributed by atoms with Gasteiger partial charge in [-0.25, -0.2) is 0 Å².